The Kier molecular flexibility index (Phi) is 1.85. The van der Waals surface area contributed by atoms with Crippen LogP contribution in [0.15, 0.2) is 6.07 Å². The first-order chi connectivity index (χ1) is 7.32. The van der Waals surface area contributed by atoms with E-state index < -0.39 is 43.9 Å². The van der Waals surface area contributed by atoms with Crippen LogP contribution >= 0.6 is 0 Å². The summed E-state index contributed by atoms with van der Waals surface area (Å²) in [6, 6.07) is 0.679. The second-order valence-corrected chi connectivity index (χ2v) is 3.97. The van der Waals surface area contributed by atoms with Crippen molar-refractivity contribution < 1.29 is 26.8 Å². The molecular weight excluding hydrogens is 244 g/mol. The number of hydrogen-bond acceptors (Lipinski definition) is 8. The molecule has 1 aromatic carbocycles. The number of fused-ring (bicyclic) bond motifs is 1. The van der Waals surface area contributed by atoms with Crippen LogP contribution in [0, 0.1) is 10.1 Å². The summed E-state index contributed by atoms with van der Waals surface area (Å²) in [5, 5.41) is 19.8. The minimum Gasteiger partial charge on any atom is -0.505 e. The first-order valence-electron chi connectivity index (χ1n) is 3.75. The first-order valence-corrected chi connectivity index (χ1v) is 5.09. The molecule has 86 valence electrons. The van der Waals surface area contributed by atoms with E-state index in [1.807, 2.05) is 0 Å². The summed E-state index contributed by atoms with van der Waals surface area (Å²) >= 11 is 0. The Morgan fingerprint density at radius 1 is 1.38 bits per heavy atom. The number of benzene rings is 1. The summed E-state index contributed by atoms with van der Waals surface area (Å²) in [5.41, 5.74) is 4.09. The quantitative estimate of drug-likeness (QED) is 0.303. The predicted octanol–water partition coefficient (Wildman–Crippen LogP) is -0.101. The fourth-order valence-corrected chi connectivity index (χ4v) is 1.92. The van der Waals surface area contributed by atoms with Gasteiger partial charge in [0.05, 0.1) is 11.0 Å². The van der Waals surface area contributed by atoms with Crippen LogP contribution < -0.4 is 14.1 Å². The molecule has 0 aromatic heterocycles. The topological polar surface area (TPSA) is 142 Å². The van der Waals surface area contributed by atoms with Gasteiger partial charge in [0.25, 0.3) is 5.75 Å². The molecule has 1 aliphatic heterocycles. The van der Waals surface area contributed by atoms with E-state index in [0.29, 0.717) is 6.07 Å². The number of nitrogens with two attached hydrogens (primary N) is 1. The summed E-state index contributed by atoms with van der Waals surface area (Å²) < 4.78 is 30.3. The molecule has 0 radical (unpaired) electrons. The van der Waals surface area contributed by atoms with E-state index in [1.165, 1.54) is 0 Å². The van der Waals surface area contributed by atoms with Crippen molar-refractivity contribution in [2.45, 2.75) is 0 Å². The zero-order valence-corrected chi connectivity index (χ0v) is 8.22. The number of nitrogen functional groups attached to an aromatic ring is 1. The molecule has 0 amide bonds. The van der Waals surface area contributed by atoms with Gasteiger partial charge in [-0.25, -0.2) is 0 Å². The van der Waals surface area contributed by atoms with Crippen LogP contribution in [0.2, 0.25) is 0 Å². The second-order valence-electron chi connectivity index (χ2n) is 2.82. The molecule has 16 heavy (non-hydrogen) atoms. The summed E-state index contributed by atoms with van der Waals surface area (Å²) in [5.74, 6) is -1.88. The van der Waals surface area contributed by atoms with Crippen molar-refractivity contribution in [2.24, 2.45) is 0 Å². The third-order valence-corrected chi connectivity index (χ3v) is 2.54. The lowest BCUT2D eigenvalue weighted by Crippen LogP contribution is -2.08. The van der Waals surface area contributed by atoms with E-state index in [0.717, 1.165) is 0 Å². The highest BCUT2D eigenvalue weighted by atomic mass is 32.3. The number of nitro benzene ring substituents is 1. The first kappa shape index (κ1) is 10.3. The molecule has 1 heterocycles. The fourth-order valence-electron chi connectivity index (χ4n) is 1.15. The van der Waals surface area contributed by atoms with Gasteiger partial charge < -0.3 is 19.2 Å². The number of hydrogen-bond donors (Lipinski definition) is 2. The van der Waals surface area contributed by atoms with Crippen molar-refractivity contribution in [3.05, 3.63) is 16.2 Å². The molecule has 0 aliphatic carbocycles. The SMILES string of the molecule is Nc1c(O)cc([N+](=O)[O-])c2c1OS(=O)(=O)O2. The highest BCUT2D eigenvalue weighted by Crippen LogP contribution is 2.50. The van der Waals surface area contributed by atoms with Gasteiger partial charge in [0.1, 0.15) is 11.4 Å². The largest absolute Gasteiger partial charge is 0.505 e. The number of anilines is 1. The highest BCUT2D eigenvalue weighted by molar-refractivity contribution is 7.82. The average Bonchev–Trinajstić information content (AvgIpc) is 2.47. The average molecular weight is 248 g/mol. The monoisotopic (exact) mass is 248 g/mol. The Bertz CT molecular complexity index is 593. The summed E-state index contributed by atoms with van der Waals surface area (Å²) in [6.45, 7) is 0. The molecule has 3 N–H and O–H groups in total. The van der Waals surface area contributed by atoms with Gasteiger partial charge >= 0.3 is 16.1 Å². The Balaban J connectivity index is 2.77. The van der Waals surface area contributed by atoms with Gasteiger partial charge in [0, 0.05) is 0 Å². The molecule has 0 unspecified atom stereocenters. The number of phenols is 1. The Hall–Kier alpha value is -2.23. The molecule has 0 fully saturated rings. The molecule has 0 bridgehead atoms. The summed E-state index contributed by atoms with van der Waals surface area (Å²) in [4.78, 5) is 9.63. The number of phenolic OH excluding ortho intramolecular Hbond substituents is 1. The van der Waals surface area contributed by atoms with Gasteiger partial charge in [0.15, 0.2) is 0 Å². The van der Waals surface area contributed by atoms with Crippen LogP contribution in [0.1, 0.15) is 0 Å². The Morgan fingerprint density at radius 2 is 1.94 bits per heavy atom. The smallest absolute Gasteiger partial charge is 0.501 e. The molecule has 0 atom stereocenters. The van der Waals surface area contributed by atoms with Gasteiger partial charge in [-0.3, -0.25) is 10.1 Å². The van der Waals surface area contributed by atoms with Crippen LogP contribution in [-0.2, 0) is 10.4 Å². The van der Waals surface area contributed by atoms with Crippen molar-refractivity contribution in [3.63, 3.8) is 0 Å². The lowest BCUT2D eigenvalue weighted by atomic mass is 10.2. The minimum absolute atomic E-state index is 0.443. The molecule has 0 saturated carbocycles. The van der Waals surface area contributed by atoms with Gasteiger partial charge in [-0.15, -0.1) is 8.42 Å². The summed E-state index contributed by atoms with van der Waals surface area (Å²) in [6.07, 6.45) is 0. The third-order valence-electron chi connectivity index (χ3n) is 1.80. The van der Waals surface area contributed by atoms with E-state index in [-0.39, 0.29) is 0 Å². The van der Waals surface area contributed by atoms with Crippen molar-refractivity contribution >= 4 is 21.8 Å². The Morgan fingerprint density at radius 3 is 2.50 bits per heavy atom. The maximum Gasteiger partial charge on any atom is 0.501 e. The van der Waals surface area contributed by atoms with E-state index in [4.69, 9.17) is 5.73 Å². The van der Waals surface area contributed by atoms with Crippen LogP contribution in [0.25, 0.3) is 0 Å². The zero-order valence-electron chi connectivity index (χ0n) is 7.41. The third kappa shape index (κ3) is 1.35. The maximum absolute atomic E-state index is 10.9. The Labute approximate surface area is 88.5 Å². The van der Waals surface area contributed by atoms with Crippen molar-refractivity contribution in [1.29, 1.82) is 0 Å². The fraction of sp³-hybridized carbons (Fsp3) is 0. The highest BCUT2D eigenvalue weighted by Gasteiger charge is 2.39. The number of nitrogens with zero attached hydrogens (tertiary/aromatic N) is 1. The normalized spacial score (nSPS) is 16.0. The molecule has 0 spiro atoms. The van der Waals surface area contributed by atoms with E-state index in [9.17, 15) is 23.6 Å². The zero-order chi connectivity index (χ0) is 12.1. The minimum atomic E-state index is -4.40. The molecular formula is C6H4N2O7S. The number of aromatic hydroxyl groups is 1. The van der Waals surface area contributed by atoms with Crippen LogP contribution in [-0.4, -0.2) is 18.4 Å². The summed E-state index contributed by atoms with van der Waals surface area (Å²) in [7, 11) is -4.40. The van der Waals surface area contributed by atoms with Crippen LogP contribution in [0.4, 0.5) is 11.4 Å². The van der Waals surface area contributed by atoms with Crippen LogP contribution in [0.3, 0.4) is 0 Å². The second kappa shape index (κ2) is 2.88. The maximum atomic E-state index is 10.9. The molecule has 2 rings (SSSR count). The number of rotatable bonds is 1. The van der Waals surface area contributed by atoms with E-state index in [1.54, 1.807) is 0 Å². The van der Waals surface area contributed by atoms with E-state index in [2.05, 4.69) is 8.37 Å². The van der Waals surface area contributed by atoms with Gasteiger partial charge in [-0.1, -0.05) is 0 Å². The van der Waals surface area contributed by atoms with Gasteiger partial charge in [-0.2, -0.15) is 0 Å². The lowest BCUT2D eigenvalue weighted by Gasteiger charge is -2.01. The van der Waals surface area contributed by atoms with Crippen molar-refractivity contribution in [3.8, 4) is 17.2 Å². The van der Waals surface area contributed by atoms with Gasteiger partial charge in [0.2, 0.25) is 5.75 Å². The van der Waals surface area contributed by atoms with Crippen LogP contribution in [0.5, 0.6) is 17.2 Å². The standard InChI is InChI=1S/C6H4N2O7S/c7-4-3(9)1-2(8(10)11)5-6(4)15-16(12,13)14-5/h1,9H,7H2. The molecule has 9 nitrogen and oxygen atoms in total. The molecule has 1 aromatic rings. The van der Waals surface area contributed by atoms with Crippen molar-refractivity contribution in [1.82, 2.24) is 0 Å². The number of nitro groups is 1. The predicted molar refractivity (Wildman–Crippen MR) is 49.3 cm³/mol. The molecule has 1 aliphatic rings. The van der Waals surface area contributed by atoms with Crippen molar-refractivity contribution in [2.75, 3.05) is 5.73 Å². The lowest BCUT2D eigenvalue weighted by molar-refractivity contribution is -0.385. The molecule has 10 heteroatoms. The molecule has 0 saturated heterocycles. The van der Waals surface area contributed by atoms with Gasteiger partial charge in [-0.05, 0) is 0 Å². The van der Waals surface area contributed by atoms with E-state index >= 15 is 0 Å².